The number of para-hydroxylation sites is 1. The lowest BCUT2D eigenvalue weighted by atomic mass is 9.95. The molecule has 6 heteroatoms. The van der Waals surface area contributed by atoms with Crippen LogP contribution in [0, 0.1) is 17.2 Å². The highest BCUT2D eigenvalue weighted by molar-refractivity contribution is 6.05. The highest BCUT2D eigenvalue weighted by atomic mass is 16.5. The van der Waals surface area contributed by atoms with Gasteiger partial charge >= 0.3 is 0 Å². The second-order valence-corrected chi connectivity index (χ2v) is 7.56. The molecular formula is C25H21N5O. The third-order valence-electron chi connectivity index (χ3n) is 5.44. The SMILES string of the molecule is N#CC1C(c2ccc(Oc3ccccc3)cc2)=NN2C(C3=CC(N)CC=C3)=CC=NC12. The second kappa shape index (κ2) is 8.05. The van der Waals surface area contributed by atoms with E-state index in [1.165, 1.54) is 0 Å². The van der Waals surface area contributed by atoms with Crippen LogP contribution in [-0.2, 0) is 0 Å². The Hall–Kier alpha value is -3.95. The summed E-state index contributed by atoms with van der Waals surface area (Å²) in [6.07, 6.45) is 10.3. The Morgan fingerprint density at radius 3 is 2.58 bits per heavy atom. The topological polar surface area (TPSA) is 87.0 Å². The zero-order chi connectivity index (χ0) is 21.2. The van der Waals surface area contributed by atoms with E-state index >= 15 is 0 Å². The van der Waals surface area contributed by atoms with Crippen molar-refractivity contribution in [3.63, 3.8) is 0 Å². The number of hydrogen-bond acceptors (Lipinski definition) is 6. The average Bonchev–Trinajstić information content (AvgIpc) is 3.19. The van der Waals surface area contributed by atoms with Crippen LogP contribution in [0.4, 0.5) is 0 Å². The van der Waals surface area contributed by atoms with Gasteiger partial charge in [-0.15, -0.1) is 0 Å². The van der Waals surface area contributed by atoms with Gasteiger partial charge in [-0.3, -0.25) is 4.99 Å². The molecule has 6 nitrogen and oxygen atoms in total. The Labute approximate surface area is 181 Å². The van der Waals surface area contributed by atoms with Crippen LogP contribution in [-0.4, -0.2) is 29.1 Å². The molecule has 2 aliphatic heterocycles. The molecule has 1 aliphatic carbocycles. The third-order valence-corrected chi connectivity index (χ3v) is 5.44. The van der Waals surface area contributed by atoms with Gasteiger partial charge in [0.2, 0.25) is 0 Å². The third kappa shape index (κ3) is 3.67. The summed E-state index contributed by atoms with van der Waals surface area (Å²) in [5, 5.41) is 16.6. The molecule has 0 radical (unpaired) electrons. The van der Waals surface area contributed by atoms with E-state index in [-0.39, 0.29) is 12.2 Å². The molecule has 31 heavy (non-hydrogen) atoms. The fourth-order valence-corrected chi connectivity index (χ4v) is 3.93. The predicted octanol–water partition coefficient (Wildman–Crippen LogP) is 4.15. The van der Waals surface area contributed by atoms with Crippen LogP contribution in [0.5, 0.6) is 11.5 Å². The minimum atomic E-state index is -0.470. The molecule has 0 aromatic heterocycles. The Balaban J connectivity index is 1.43. The van der Waals surface area contributed by atoms with Gasteiger partial charge in [-0.05, 0) is 60.0 Å². The van der Waals surface area contributed by atoms with Crippen LogP contribution in [0.15, 0.2) is 100 Å². The van der Waals surface area contributed by atoms with Crippen molar-refractivity contribution < 1.29 is 4.74 Å². The summed E-state index contributed by atoms with van der Waals surface area (Å²) in [6, 6.07) is 19.6. The van der Waals surface area contributed by atoms with Crippen molar-refractivity contribution in [1.29, 1.82) is 5.26 Å². The summed E-state index contributed by atoms with van der Waals surface area (Å²) in [5.41, 5.74) is 9.59. The quantitative estimate of drug-likeness (QED) is 0.825. The number of ether oxygens (including phenoxy) is 1. The van der Waals surface area contributed by atoms with Crippen LogP contribution < -0.4 is 10.5 Å². The van der Waals surface area contributed by atoms with E-state index in [4.69, 9.17) is 15.6 Å². The van der Waals surface area contributed by atoms with Gasteiger partial charge in [-0.2, -0.15) is 10.4 Å². The zero-order valence-corrected chi connectivity index (χ0v) is 16.8. The summed E-state index contributed by atoms with van der Waals surface area (Å²) in [7, 11) is 0. The first-order valence-electron chi connectivity index (χ1n) is 10.2. The molecule has 2 aromatic rings. The van der Waals surface area contributed by atoms with Crippen molar-refractivity contribution in [2.45, 2.75) is 18.6 Å². The number of benzene rings is 2. The van der Waals surface area contributed by atoms with Crippen LogP contribution in [0.3, 0.4) is 0 Å². The molecule has 2 heterocycles. The molecule has 0 bridgehead atoms. The minimum absolute atomic E-state index is 0.0202. The number of hydrazone groups is 1. The standard InChI is InChI=1S/C25H21N5O/c26-16-22-24(17-9-11-21(12-10-17)31-20-7-2-1-3-8-20)29-30-23(13-14-28-25(22)30)18-5-4-6-19(27)15-18/h1-5,7-15,19,22,25H,6,27H2. The summed E-state index contributed by atoms with van der Waals surface area (Å²) in [4.78, 5) is 4.54. The van der Waals surface area contributed by atoms with E-state index in [0.29, 0.717) is 5.71 Å². The zero-order valence-electron chi connectivity index (χ0n) is 16.8. The Bertz CT molecular complexity index is 1170. The van der Waals surface area contributed by atoms with Gasteiger partial charge in [0.1, 0.15) is 17.4 Å². The number of rotatable bonds is 4. The smallest absolute Gasteiger partial charge is 0.163 e. The number of hydrogen-bond donors (Lipinski definition) is 1. The van der Waals surface area contributed by atoms with Crippen LogP contribution >= 0.6 is 0 Å². The number of nitriles is 1. The van der Waals surface area contributed by atoms with Crippen LogP contribution in [0.1, 0.15) is 12.0 Å². The van der Waals surface area contributed by atoms with Crippen molar-refractivity contribution in [3.05, 3.63) is 95.7 Å². The molecule has 152 valence electrons. The molecule has 0 saturated carbocycles. The molecule has 0 amide bonds. The minimum Gasteiger partial charge on any atom is -0.457 e. The van der Waals surface area contributed by atoms with Crippen LogP contribution in [0.25, 0.3) is 0 Å². The summed E-state index contributed by atoms with van der Waals surface area (Å²) < 4.78 is 5.88. The monoisotopic (exact) mass is 407 g/mol. The van der Waals surface area contributed by atoms with Crippen molar-refractivity contribution >= 4 is 11.9 Å². The van der Waals surface area contributed by atoms with Crippen molar-refractivity contribution in [2.24, 2.45) is 21.7 Å². The van der Waals surface area contributed by atoms with E-state index in [1.54, 1.807) is 6.21 Å². The van der Waals surface area contributed by atoms with Gasteiger partial charge in [-0.25, -0.2) is 5.01 Å². The van der Waals surface area contributed by atoms with E-state index < -0.39 is 5.92 Å². The van der Waals surface area contributed by atoms with Gasteiger partial charge in [0, 0.05) is 12.3 Å². The van der Waals surface area contributed by atoms with E-state index in [0.717, 1.165) is 34.8 Å². The fourth-order valence-electron chi connectivity index (χ4n) is 3.93. The molecular weight excluding hydrogens is 386 g/mol. The maximum Gasteiger partial charge on any atom is 0.163 e. The highest BCUT2D eigenvalue weighted by Crippen LogP contribution is 2.35. The number of nitrogens with zero attached hydrogens (tertiary/aromatic N) is 4. The summed E-state index contributed by atoms with van der Waals surface area (Å²) >= 11 is 0. The van der Waals surface area contributed by atoms with E-state index in [9.17, 15) is 5.26 Å². The first kappa shape index (κ1) is 19.0. The number of allylic oxidation sites excluding steroid dienone is 2. The number of aliphatic imine (C=N–C) groups is 1. The Kier molecular flexibility index (Phi) is 4.95. The van der Waals surface area contributed by atoms with Gasteiger partial charge in [0.15, 0.2) is 6.17 Å². The summed E-state index contributed by atoms with van der Waals surface area (Å²) in [5.74, 6) is 1.03. The average molecular weight is 407 g/mol. The lowest BCUT2D eigenvalue weighted by Crippen LogP contribution is -2.34. The van der Waals surface area contributed by atoms with Crippen molar-refractivity contribution in [3.8, 4) is 17.6 Å². The van der Waals surface area contributed by atoms with Gasteiger partial charge in [0.05, 0.1) is 17.5 Å². The molecule has 3 unspecified atom stereocenters. The molecule has 5 rings (SSSR count). The van der Waals surface area contributed by atoms with Crippen LogP contribution in [0.2, 0.25) is 0 Å². The highest BCUT2D eigenvalue weighted by Gasteiger charge is 2.41. The summed E-state index contributed by atoms with van der Waals surface area (Å²) in [6.45, 7) is 0. The van der Waals surface area contributed by atoms with Gasteiger partial charge in [0.25, 0.3) is 0 Å². The normalized spacial score (nSPS) is 24.1. The molecule has 3 atom stereocenters. The van der Waals surface area contributed by atoms with E-state index in [1.807, 2.05) is 71.8 Å². The van der Waals surface area contributed by atoms with Crippen molar-refractivity contribution in [2.75, 3.05) is 0 Å². The predicted molar refractivity (Wildman–Crippen MR) is 121 cm³/mol. The first-order valence-corrected chi connectivity index (χ1v) is 10.2. The van der Waals surface area contributed by atoms with Gasteiger partial charge in [-0.1, -0.05) is 36.4 Å². The van der Waals surface area contributed by atoms with E-state index in [2.05, 4.69) is 23.2 Å². The Morgan fingerprint density at radius 2 is 1.84 bits per heavy atom. The molecule has 2 aromatic carbocycles. The number of fused-ring (bicyclic) bond motifs is 1. The molecule has 0 fully saturated rings. The molecule has 0 spiro atoms. The first-order chi connectivity index (χ1) is 15.2. The molecule has 0 saturated heterocycles. The fraction of sp³-hybridized carbons (Fsp3) is 0.160. The van der Waals surface area contributed by atoms with Gasteiger partial charge < -0.3 is 10.5 Å². The molecule has 3 aliphatic rings. The van der Waals surface area contributed by atoms with Crippen molar-refractivity contribution in [1.82, 2.24) is 5.01 Å². The second-order valence-electron chi connectivity index (χ2n) is 7.56. The largest absolute Gasteiger partial charge is 0.457 e. The maximum atomic E-state index is 9.90. The lowest BCUT2D eigenvalue weighted by molar-refractivity contribution is 0.285. The maximum absolute atomic E-state index is 9.90. The molecule has 2 N–H and O–H groups in total. The Morgan fingerprint density at radius 1 is 1.06 bits per heavy atom. The lowest BCUT2D eigenvalue weighted by Gasteiger charge is -2.28. The number of nitrogens with two attached hydrogens (primary N) is 1.